The summed E-state index contributed by atoms with van der Waals surface area (Å²) in [5, 5.41) is 6.91. The van der Waals surface area contributed by atoms with Gasteiger partial charge in [-0.25, -0.2) is 9.67 Å². The van der Waals surface area contributed by atoms with E-state index in [-0.39, 0.29) is 5.69 Å². The molecule has 0 atom stereocenters. The van der Waals surface area contributed by atoms with Crippen LogP contribution in [0.3, 0.4) is 0 Å². The van der Waals surface area contributed by atoms with Gasteiger partial charge < -0.3 is 10.2 Å². The van der Waals surface area contributed by atoms with Gasteiger partial charge in [-0.3, -0.25) is 9.59 Å². The largest absolute Gasteiger partial charge is 0.363 e. The van der Waals surface area contributed by atoms with Crippen molar-refractivity contribution in [1.82, 2.24) is 14.8 Å². The molecule has 0 spiro atoms. The standard InChI is InChI=1S/C19H19N5O2/c1-13-11-16(25)18(22-24(13)15-7-5-4-6-8-15)19(26)21-14-9-10-17(20-12-14)23(2)3/h4-12H,1-3H3,(H,21,26). The molecule has 0 fully saturated rings. The third-order valence-corrected chi connectivity index (χ3v) is 3.79. The number of aromatic nitrogens is 3. The number of carbonyl (C=O) groups is 1. The Balaban J connectivity index is 1.91. The van der Waals surface area contributed by atoms with Crippen LogP contribution in [0.2, 0.25) is 0 Å². The fourth-order valence-corrected chi connectivity index (χ4v) is 2.45. The molecule has 0 unspecified atom stereocenters. The smallest absolute Gasteiger partial charge is 0.280 e. The first-order valence-corrected chi connectivity index (χ1v) is 8.07. The Bertz CT molecular complexity index is 979. The summed E-state index contributed by atoms with van der Waals surface area (Å²) in [6.45, 7) is 1.77. The highest BCUT2D eigenvalue weighted by molar-refractivity contribution is 6.02. The van der Waals surface area contributed by atoms with Gasteiger partial charge in [0.1, 0.15) is 5.82 Å². The molecule has 0 saturated carbocycles. The molecule has 2 aromatic heterocycles. The van der Waals surface area contributed by atoms with Crippen LogP contribution in [0.25, 0.3) is 5.69 Å². The molecule has 0 aliphatic carbocycles. The number of hydrogen-bond acceptors (Lipinski definition) is 5. The van der Waals surface area contributed by atoms with Gasteiger partial charge >= 0.3 is 0 Å². The normalized spacial score (nSPS) is 10.4. The number of carbonyl (C=O) groups excluding carboxylic acids is 1. The molecule has 26 heavy (non-hydrogen) atoms. The van der Waals surface area contributed by atoms with Crippen molar-refractivity contribution in [2.24, 2.45) is 0 Å². The van der Waals surface area contributed by atoms with Crippen LogP contribution in [0.5, 0.6) is 0 Å². The molecule has 3 rings (SSSR count). The van der Waals surface area contributed by atoms with Crippen molar-refractivity contribution in [3.63, 3.8) is 0 Å². The van der Waals surface area contributed by atoms with Crippen molar-refractivity contribution in [3.05, 3.63) is 76.3 Å². The van der Waals surface area contributed by atoms with Gasteiger partial charge in [0, 0.05) is 25.9 Å². The summed E-state index contributed by atoms with van der Waals surface area (Å²) in [5.41, 5.74) is 1.32. The summed E-state index contributed by atoms with van der Waals surface area (Å²) in [4.78, 5) is 30.9. The van der Waals surface area contributed by atoms with Crippen molar-refractivity contribution in [2.45, 2.75) is 6.92 Å². The first-order valence-electron chi connectivity index (χ1n) is 8.07. The number of pyridine rings is 1. The number of benzene rings is 1. The third kappa shape index (κ3) is 3.61. The maximum absolute atomic E-state index is 12.5. The average molecular weight is 349 g/mol. The lowest BCUT2D eigenvalue weighted by atomic mass is 10.2. The zero-order valence-corrected chi connectivity index (χ0v) is 14.8. The lowest BCUT2D eigenvalue weighted by Crippen LogP contribution is -2.27. The van der Waals surface area contributed by atoms with E-state index in [0.717, 1.165) is 11.5 Å². The fraction of sp³-hybridized carbons (Fsp3) is 0.158. The minimum absolute atomic E-state index is 0.170. The molecule has 132 valence electrons. The van der Waals surface area contributed by atoms with Crippen molar-refractivity contribution in [1.29, 1.82) is 0 Å². The van der Waals surface area contributed by atoms with Gasteiger partial charge in [0.2, 0.25) is 5.43 Å². The molecule has 3 aromatic rings. The van der Waals surface area contributed by atoms with Crippen LogP contribution in [0.1, 0.15) is 16.2 Å². The van der Waals surface area contributed by atoms with Gasteiger partial charge in [-0.2, -0.15) is 5.10 Å². The van der Waals surface area contributed by atoms with Crippen LogP contribution in [-0.4, -0.2) is 34.8 Å². The second-order valence-electron chi connectivity index (χ2n) is 6.00. The lowest BCUT2D eigenvalue weighted by Gasteiger charge is -2.12. The molecule has 1 aromatic carbocycles. The number of aryl methyl sites for hydroxylation is 1. The Labute approximate surface area is 150 Å². The Kier molecular flexibility index (Phi) is 4.79. The van der Waals surface area contributed by atoms with E-state index in [4.69, 9.17) is 0 Å². The maximum Gasteiger partial charge on any atom is 0.280 e. The maximum atomic E-state index is 12.5. The molecule has 1 amide bonds. The molecule has 7 nitrogen and oxygen atoms in total. The summed E-state index contributed by atoms with van der Waals surface area (Å²) >= 11 is 0. The van der Waals surface area contributed by atoms with Gasteiger partial charge in [0.25, 0.3) is 5.91 Å². The number of rotatable bonds is 4. The summed E-state index contributed by atoms with van der Waals surface area (Å²) in [6, 6.07) is 14.2. The second kappa shape index (κ2) is 7.18. The lowest BCUT2D eigenvalue weighted by molar-refractivity contribution is 0.101. The number of para-hydroxylation sites is 1. The Morgan fingerprint density at radius 1 is 1.12 bits per heavy atom. The van der Waals surface area contributed by atoms with Gasteiger partial charge in [0.15, 0.2) is 5.69 Å². The topological polar surface area (TPSA) is 80.1 Å². The highest BCUT2D eigenvalue weighted by Gasteiger charge is 2.15. The van der Waals surface area contributed by atoms with E-state index in [1.165, 1.54) is 12.3 Å². The number of anilines is 2. The SMILES string of the molecule is Cc1cc(=O)c(C(=O)Nc2ccc(N(C)C)nc2)nn1-c1ccccc1. The minimum atomic E-state index is -0.570. The van der Waals surface area contributed by atoms with E-state index in [2.05, 4.69) is 15.4 Å². The highest BCUT2D eigenvalue weighted by atomic mass is 16.2. The molecule has 0 aliphatic heterocycles. The first-order chi connectivity index (χ1) is 12.5. The average Bonchev–Trinajstić information content (AvgIpc) is 2.63. The summed E-state index contributed by atoms with van der Waals surface area (Å²) in [5.74, 6) is 0.196. The van der Waals surface area contributed by atoms with Gasteiger partial charge in [0.05, 0.1) is 17.6 Å². The molecule has 0 saturated heterocycles. The van der Waals surface area contributed by atoms with E-state index < -0.39 is 11.3 Å². The monoisotopic (exact) mass is 349 g/mol. The molecule has 0 bridgehead atoms. The quantitative estimate of drug-likeness (QED) is 0.781. The summed E-state index contributed by atoms with van der Waals surface area (Å²) in [6.07, 6.45) is 1.54. The summed E-state index contributed by atoms with van der Waals surface area (Å²) < 4.78 is 1.57. The zero-order valence-electron chi connectivity index (χ0n) is 14.8. The summed E-state index contributed by atoms with van der Waals surface area (Å²) in [7, 11) is 3.76. The molecule has 2 heterocycles. The van der Waals surface area contributed by atoms with Crippen LogP contribution in [-0.2, 0) is 0 Å². The second-order valence-corrected chi connectivity index (χ2v) is 6.00. The van der Waals surface area contributed by atoms with Crippen LogP contribution in [0.4, 0.5) is 11.5 Å². The van der Waals surface area contributed by atoms with Gasteiger partial charge in [-0.05, 0) is 31.2 Å². The molecule has 1 N–H and O–H groups in total. The Morgan fingerprint density at radius 2 is 1.85 bits per heavy atom. The van der Waals surface area contributed by atoms with E-state index in [1.54, 1.807) is 23.7 Å². The molecule has 0 radical (unpaired) electrons. The predicted molar refractivity (Wildman–Crippen MR) is 101 cm³/mol. The number of amides is 1. The zero-order chi connectivity index (χ0) is 18.7. The number of hydrogen-bond donors (Lipinski definition) is 1. The van der Waals surface area contributed by atoms with E-state index in [0.29, 0.717) is 11.4 Å². The van der Waals surface area contributed by atoms with E-state index in [9.17, 15) is 9.59 Å². The Hall–Kier alpha value is -3.48. The molecule has 7 heteroatoms. The van der Waals surface area contributed by atoms with Crippen LogP contribution in [0.15, 0.2) is 59.5 Å². The highest BCUT2D eigenvalue weighted by Crippen LogP contribution is 2.13. The van der Waals surface area contributed by atoms with E-state index >= 15 is 0 Å². The Morgan fingerprint density at radius 3 is 2.46 bits per heavy atom. The van der Waals surface area contributed by atoms with Crippen LogP contribution in [0, 0.1) is 6.92 Å². The van der Waals surface area contributed by atoms with Gasteiger partial charge in [-0.15, -0.1) is 0 Å². The van der Waals surface area contributed by atoms with E-state index in [1.807, 2.05) is 49.3 Å². The number of nitrogens with zero attached hydrogens (tertiary/aromatic N) is 4. The first kappa shape index (κ1) is 17.3. The minimum Gasteiger partial charge on any atom is -0.363 e. The molecule has 0 aliphatic rings. The van der Waals surface area contributed by atoms with Crippen molar-refractivity contribution >= 4 is 17.4 Å². The van der Waals surface area contributed by atoms with Crippen molar-refractivity contribution in [2.75, 3.05) is 24.3 Å². The third-order valence-electron chi connectivity index (χ3n) is 3.79. The molecular formula is C19H19N5O2. The fourth-order valence-electron chi connectivity index (χ4n) is 2.45. The van der Waals surface area contributed by atoms with Crippen molar-refractivity contribution in [3.8, 4) is 5.69 Å². The molecular weight excluding hydrogens is 330 g/mol. The van der Waals surface area contributed by atoms with Gasteiger partial charge in [-0.1, -0.05) is 18.2 Å². The van der Waals surface area contributed by atoms with Crippen molar-refractivity contribution < 1.29 is 4.79 Å². The predicted octanol–water partition coefficient (Wildman–Crippen LogP) is 2.25. The number of nitrogens with one attached hydrogen (secondary N) is 1. The van der Waals surface area contributed by atoms with Crippen LogP contribution < -0.4 is 15.6 Å². The van der Waals surface area contributed by atoms with Crippen LogP contribution >= 0.6 is 0 Å².